The molecule has 1 N–H and O–H groups in total. The van der Waals surface area contributed by atoms with Gasteiger partial charge in [-0.15, -0.1) is 0 Å². The van der Waals surface area contributed by atoms with Crippen molar-refractivity contribution in [2.24, 2.45) is 0 Å². The average Bonchev–Trinajstić information content (AvgIpc) is 2.45. The van der Waals surface area contributed by atoms with Gasteiger partial charge in [-0.05, 0) is 45.2 Å². The van der Waals surface area contributed by atoms with E-state index in [0.717, 1.165) is 12.8 Å². The lowest BCUT2D eigenvalue weighted by Crippen LogP contribution is -2.47. The fourth-order valence-corrected chi connectivity index (χ4v) is 2.87. The number of aliphatic hydroxyl groups is 1. The molecule has 2 atom stereocenters. The van der Waals surface area contributed by atoms with E-state index in [9.17, 15) is 4.79 Å². The van der Waals surface area contributed by atoms with Crippen molar-refractivity contribution in [2.45, 2.75) is 45.2 Å². The number of carbonyl (C=O) groups excluding carboxylic acids is 1. The van der Waals surface area contributed by atoms with Crippen LogP contribution in [0.4, 0.5) is 0 Å². The van der Waals surface area contributed by atoms with Crippen LogP contribution >= 0.6 is 0 Å². The number of likely N-dealkylation sites (tertiary alicyclic amines) is 1. The molecule has 106 valence electrons. The highest BCUT2D eigenvalue weighted by atomic mass is 16.2. The number of hydrogen-bond donors (Lipinski definition) is 1. The fraction of sp³-hybridized carbons (Fsp3) is 0.471. The van der Waals surface area contributed by atoms with Gasteiger partial charge in [-0.3, -0.25) is 4.79 Å². The zero-order chi connectivity index (χ0) is 14.5. The SMILES string of the molecule is C[C@@H]1CCC[C@H](C)N1C(=O)c1ccccc1C#CCO. The number of nitrogens with zero attached hydrogens (tertiary/aromatic N) is 1. The monoisotopic (exact) mass is 271 g/mol. The van der Waals surface area contributed by atoms with E-state index in [0.29, 0.717) is 11.1 Å². The van der Waals surface area contributed by atoms with Gasteiger partial charge in [0.2, 0.25) is 0 Å². The maximum absolute atomic E-state index is 12.8. The van der Waals surface area contributed by atoms with Crippen LogP contribution in [0.3, 0.4) is 0 Å². The molecule has 1 aliphatic heterocycles. The molecule has 0 bridgehead atoms. The van der Waals surface area contributed by atoms with Gasteiger partial charge >= 0.3 is 0 Å². The molecule has 1 saturated heterocycles. The Balaban J connectivity index is 2.33. The van der Waals surface area contributed by atoms with Gasteiger partial charge in [-0.1, -0.05) is 24.0 Å². The Hall–Kier alpha value is -1.79. The highest BCUT2D eigenvalue weighted by molar-refractivity contribution is 5.97. The van der Waals surface area contributed by atoms with Gasteiger partial charge in [-0.2, -0.15) is 0 Å². The molecule has 1 aromatic rings. The van der Waals surface area contributed by atoms with Crippen molar-refractivity contribution in [1.82, 2.24) is 4.90 Å². The van der Waals surface area contributed by atoms with Gasteiger partial charge in [0.25, 0.3) is 5.91 Å². The Kier molecular flexibility index (Phi) is 4.81. The van der Waals surface area contributed by atoms with Crippen molar-refractivity contribution in [3.8, 4) is 11.8 Å². The summed E-state index contributed by atoms with van der Waals surface area (Å²) in [6.45, 7) is 4.02. The summed E-state index contributed by atoms with van der Waals surface area (Å²) in [4.78, 5) is 14.8. The summed E-state index contributed by atoms with van der Waals surface area (Å²) in [6, 6.07) is 7.90. The molecular formula is C17H21NO2. The van der Waals surface area contributed by atoms with Crippen molar-refractivity contribution in [3.05, 3.63) is 35.4 Å². The second-order valence-corrected chi connectivity index (χ2v) is 5.35. The minimum Gasteiger partial charge on any atom is -0.384 e. The van der Waals surface area contributed by atoms with Crippen LogP contribution in [0.25, 0.3) is 0 Å². The Morgan fingerprint density at radius 2 is 1.95 bits per heavy atom. The van der Waals surface area contributed by atoms with E-state index in [4.69, 9.17) is 5.11 Å². The lowest BCUT2D eigenvalue weighted by Gasteiger charge is -2.39. The first-order valence-corrected chi connectivity index (χ1v) is 7.16. The molecular weight excluding hydrogens is 250 g/mol. The summed E-state index contributed by atoms with van der Waals surface area (Å²) in [5, 5.41) is 8.82. The van der Waals surface area contributed by atoms with E-state index >= 15 is 0 Å². The zero-order valence-corrected chi connectivity index (χ0v) is 12.1. The van der Waals surface area contributed by atoms with Gasteiger partial charge in [0.1, 0.15) is 6.61 Å². The molecule has 20 heavy (non-hydrogen) atoms. The number of hydrogen-bond acceptors (Lipinski definition) is 2. The molecule has 1 aromatic carbocycles. The van der Waals surface area contributed by atoms with Gasteiger partial charge < -0.3 is 10.0 Å². The highest BCUT2D eigenvalue weighted by Gasteiger charge is 2.30. The van der Waals surface area contributed by atoms with E-state index in [1.165, 1.54) is 6.42 Å². The van der Waals surface area contributed by atoms with E-state index in [2.05, 4.69) is 25.7 Å². The zero-order valence-electron chi connectivity index (χ0n) is 12.1. The minimum absolute atomic E-state index is 0.0486. The predicted octanol–water partition coefficient (Wildman–Crippen LogP) is 2.43. The van der Waals surface area contributed by atoms with Crippen molar-refractivity contribution in [2.75, 3.05) is 6.61 Å². The molecule has 3 nitrogen and oxygen atoms in total. The van der Waals surface area contributed by atoms with Crippen LogP contribution in [0.2, 0.25) is 0 Å². The van der Waals surface area contributed by atoms with E-state index in [-0.39, 0.29) is 24.6 Å². The molecule has 1 heterocycles. The molecule has 0 radical (unpaired) electrons. The van der Waals surface area contributed by atoms with Crippen LogP contribution in [0.1, 0.15) is 49.0 Å². The largest absolute Gasteiger partial charge is 0.384 e. The molecule has 0 saturated carbocycles. The first-order chi connectivity index (χ1) is 9.65. The molecule has 0 spiro atoms. The maximum atomic E-state index is 12.8. The number of carbonyl (C=O) groups is 1. The summed E-state index contributed by atoms with van der Waals surface area (Å²) in [6.07, 6.45) is 3.29. The third-order valence-corrected chi connectivity index (χ3v) is 3.89. The topological polar surface area (TPSA) is 40.5 Å². The van der Waals surface area contributed by atoms with Gasteiger partial charge in [0.05, 0.1) is 5.56 Å². The van der Waals surface area contributed by atoms with Crippen LogP contribution in [0.5, 0.6) is 0 Å². The lowest BCUT2D eigenvalue weighted by molar-refractivity contribution is 0.0510. The number of amides is 1. The first kappa shape index (κ1) is 14.6. The highest BCUT2D eigenvalue weighted by Crippen LogP contribution is 2.25. The normalized spacial score (nSPS) is 22.1. The number of piperidine rings is 1. The molecule has 1 fully saturated rings. The summed E-state index contributed by atoms with van der Waals surface area (Å²) < 4.78 is 0. The van der Waals surface area contributed by atoms with Gasteiger partial charge in [0, 0.05) is 17.6 Å². The Morgan fingerprint density at radius 3 is 2.60 bits per heavy atom. The van der Waals surface area contributed by atoms with Crippen LogP contribution in [0, 0.1) is 11.8 Å². The molecule has 1 aliphatic rings. The number of benzene rings is 1. The van der Waals surface area contributed by atoms with Crippen molar-refractivity contribution < 1.29 is 9.90 Å². The summed E-state index contributed by atoms with van der Waals surface area (Å²) >= 11 is 0. The van der Waals surface area contributed by atoms with Crippen molar-refractivity contribution in [3.63, 3.8) is 0 Å². The first-order valence-electron chi connectivity index (χ1n) is 7.16. The van der Waals surface area contributed by atoms with Crippen molar-refractivity contribution >= 4 is 5.91 Å². The van der Waals surface area contributed by atoms with E-state index in [1.807, 2.05) is 29.2 Å². The Bertz CT molecular complexity index is 531. The van der Waals surface area contributed by atoms with Crippen LogP contribution in [-0.4, -0.2) is 34.6 Å². The third kappa shape index (κ3) is 3.02. The van der Waals surface area contributed by atoms with Crippen LogP contribution in [-0.2, 0) is 0 Å². The smallest absolute Gasteiger partial charge is 0.255 e. The Labute approximate surface area is 120 Å². The number of rotatable bonds is 1. The Morgan fingerprint density at radius 1 is 1.30 bits per heavy atom. The van der Waals surface area contributed by atoms with E-state index in [1.54, 1.807) is 0 Å². The molecule has 0 aliphatic carbocycles. The van der Waals surface area contributed by atoms with Crippen LogP contribution in [0.15, 0.2) is 24.3 Å². The maximum Gasteiger partial charge on any atom is 0.255 e. The second kappa shape index (κ2) is 6.58. The summed E-state index contributed by atoms with van der Waals surface area (Å²) in [7, 11) is 0. The number of aliphatic hydroxyl groups excluding tert-OH is 1. The standard InChI is InChI=1S/C17H21NO2/c1-13-7-5-8-14(2)18(13)17(20)16-11-4-3-9-15(16)10-6-12-19/h3-4,9,11,13-14,19H,5,7-8,12H2,1-2H3/t13-,14+. The second-order valence-electron chi connectivity index (χ2n) is 5.35. The predicted molar refractivity (Wildman–Crippen MR) is 79.4 cm³/mol. The van der Waals surface area contributed by atoms with Crippen LogP contribution < -0.4 is 0 Å². The third-order valence-electron chi connectivity index (χ3n) is 3.89. The fourth-order valence-electron chi connectivity index (χ4n) is 2.87. The van der Waals surface area contributed by atoms with Gasteiger partial charge in [-0.25, -0.2) is 0 Å². The molecule has 0 unspecified atom stereocenters. The molecule has 0 aromatic heterocycles. The van der Waals surface area contributed by atoms with E-state index < -0.39 is 0 Å². The van der Waals surface area contributed by atoms with Gasteiger partial charge in [0.15, 0.2) is 0 Å². The quantitative estimate of drug-likeness (QED) is 0.797. The average molecular weight is 271 g/mol. The molecule has 2 rings (SSSR count). The van der Waals surface area contributed by atoms with Crippen molar-refractivity contribution in [1.29, 1.82) is 0 Å². The molecule has 3 heteroatoms. The minimum atomic E-state index is -0.195. The lowest BCUT2D eigenvalue weighted by atomic mass is 9.95. The summed E-state index contributed by atoms with van der Waals surface area (Å²) in [5.74, 6) is 5.53. The summed E-state index contributed by atoms with van der Waals surface area (Å²) in [5.41, 5.74) is 1.32. The molecule has 1 amide bonds.